The van der Waals surface area contributed by atoms with Crippen molar-refractivity contribution >= 4 is 16.6 Å². The van der Waals surface area contributed by atoms with Gasteiger partial charge >= 0.3 is 0 Å². The number of hydrogen-bond acceptors (Lipinski definition) is 6. The van der Waals surface area contributed by atoms with Crippen LogP contribution in [0.1, 0.15) is 0 Å². The molecule has 25 heavy (non-hydrogen) atoms. The SMILES string of the molecule is Cn1cnc2cc(N3CCN(CCn4ccnn4)CC3)ccc2c1=O. The van der Waals surface area contributed by atoms with Crippen molar-refractivity contribution in [2.45, 2.75) is 6.54 Å². The third-order valence-corrected chi connectivity index (χ3v) is 4.76. The molecule has 8 nitrogen and oxygen atoms in total. The van der Waals surface area contributed by atoms with Gasteiger partial charge in [0.2, 0.25) is 0 Å². The van der Waals surface area contributed by atoms with Crippen molar-refractivity contribution in [1.82, 2.24) is 29.4 Å². The lowest BCUT2D eigenvalue weighted by molar-refractivity contribution is 0.244. The van der Waals surface area contributed by atoms with Gasteiger partial charge in [0.25, 0.3) is 5.56 Å². The molecule has 0 bridgehead atoms. The van der Waals surface area contributed by atoms with Crippen LogP contribution in [0.15, 0.2) is 41.7 Å². The number of fused-ring (bicyclic) bond motifs is 1. The number of hydrogen-bond donors (Lipinski definition) is 0. The van der Waals surface area contributed by atoms with Crippen LogP contribution in [-0.4, -0.2) is 62.2 Å². The molecule has 0 radical (unpaired) electrons. The number of aromatic nitrogens is 5. The summed E-state index contributed by atoms with van der Waals surface area (Å²) in [5.74, 6) is 0. The van der Waals surface area contributed by atoms with E-state index in [9.17, 15) is 4.79 Å². The van der Waals surface area contributed by atoms with Crippen molar-refractivity contribution in [2.75, 3.05) is 37.6 Å². The summed E-state index contributed by atoms with van der Waals surface area (Å²) in [6.45, 7) is 5.80. The largest absolute Gasteiger partial charge is 0.369 e. The fraction of sp³-hybridized carbons (Fsp3) is 0.412. The molecule has 3 aromatic rings. The summed E-state index contributed by atoms with van der Waals surface area (Å²) in [4.78, 5) is 21.3. The second-order valence-electron chi connectivity index (χ2n) is 6.36. The van der Waals surface area contributed by atoms with E-state index in [2.05, 4.69) is 25.1 Å². The average Bonchev–Trinajstić information content (AvgIpc) is 3.17. The van der Waals surface area contributed by atoms with Gasteiger partial charge in [-0.25, -0.2) is 4.98 Å². The standard InChI is InChI=1S/C17H21N7O/c1-21-13-18-16-12-14(2-3-15(16)17(21)25)23-9-6-22(7-10-23)8-11-24-5-4-19-20-24/h2-5,12-13H,6-11H2,1H3. The molecular formula is C17H21N7O. The van der Waals surface area contributed by atoms with E-state index >= 15 is 0 Å². The highest BCUT2D eigenvalue weighted by molar-refractivity contribution is 5.81. The zero-order valence-corrected chi connectivity index (χ0v) is 14.2. The maximum absolute atomic E-state index is 12.1. The van der Waals surface area contributed by atoms with E-state index in [1.165, 1.54) is 4.57 Å². The van der Waals surface area contributed by atoms with E-state index in [-0.39, 0.29) is 5.56 Å². The molecule has 4 rings (SSSR count). The molecule has 0 N–H and O–H groups in total. The molecule has 130 valence electrons. The van der Waals surface area contributed by atoms with Crippen LogP contribution in [0, 0.1) is 0 Å². The molecule has 1 fully saturated rings. The summed E-state index contributed by atoms with van der Waals surface area (Å²) >= 11 is 0. The molecular weight excluding hydrogens is 318 g/mol. The van der Waals surface area contributed by atoms with Gasteiger partial charge in [-0.05, 0) is 18.2 Å². The molecule has 0 saturated carbocycles. The lowest BCUT2D eigenvalue weighted by atomic mass is 10.2. The molecule has 0 aliphatic carbocycles. The van der Waals surface area contributed by atoms with Gasteiger partial charge in [0, 0.05) is 51.7 Å². The van der Waals surface area contributed by atoms with Crippen LogP contribution < -0.4 is 10.5 Å². The summed E-state index contributed by atoms with van der Waals surface area (Å²) in [7, 11) is 1.72. The van der Waals surface area contributed by atoms with Gasteiger partial charge in [-0.15, -0.1) is 5.10 Å². The van der Waals surface area contributed by atoms with E-state index in [1.807, 2.05) is 29.1 Å². The smallest absolute Gasteiger partial charge is 0.260 e. The predicted octanol–water partition coefficient (Wildman–Crippen LogP) is 0.347. The molecule has 1 aromatic carbocycles. The second kappa shape index (κ2) is 6.64. The third kappa shape index (κ3) is 3.25. The lowest BCUT2D eigenvalue weighted by Gasteiger charge is -2.36. The van der Waals surface area contributed by atoms with Gasteiger partial charge in [0.1, 0.15) is 0 Å². The van der Waals surface area contributed by atoms with Crippen molar-refractivity contribution in [3.63, 3.8) is 0 Å². The summed E-state index contributed by atoms with van der Waals surface area (Å²) < 4.78 is 3.37. The predicted molar refractivity (Wildman–Crippen MR) is 95.7 cm³/mol. The van der Waals surface area contributed by atoms with Crippen molar-refractivity contribution in [3.05, 3.63) is 47.3 Å². The van der Waals surface area contributed by atoms with Crippen LogP contribution in [0.3, 0.4) is 0 Å². The number of piperazine rings is 1. The number of aryl methyl sites for hydroxylation is 1. The Morgan fingerprint density at radius 3 is 2.72 bits per heavy atom. The monoisotopic (exact) mass is 339 g/mol. The summed E-state index contributed by atoms with van der Waals surface area (Å²) in [5, 5.41) is 8.50. The summed E-state index contributed by atoms with van der Waals surface area (Å²) in [5.41, 5.74) is 1.88. The van der Waals surface area contributed by atoms with Crippen molar-refractivity contribution < 1.29 is 0 Å². The molecule has 0 amide bonds. The summed E-state index contributed by atoms with van der Waals surface area (Å²) in [6, 6.07) is 5.93. The topological polar surface area (TPSA) is 72.1 Å². The van der Waals surface area contributed by atoms with Crippen LogP contribution in [0.5, 0.6) is 0 Å². The Kier molecular flexibility index (Phi) is 4.19. The average molecular weight is 339 g/mol. The lowest BCUT2D eigenvalue weighted by Crippen LogP contribution is -2.47. The highest BCUT2D eigenvalue weighted by atomic mass is 16.1. The first kappa shape index (κ1) is 15.8. The Bertz CT molecular complexity index is 910. The van der Waals surface area contributed by atoms with Crippen LogP contribution in [0.25, 0.3) is 10.9 Å². The number of nitrogens with zero attached hydrogens (tertiary/aromatic N) is 7. The Morgan fingerprint density at radius 2 is 1.96 bits per heavy atom. The zero-order valence-electron chi connectivity index (χ0n) is 14.2. The van der Waals surface area contributed by atoms with Crippen molar-refractivity contribution in [1.29, 1.82) is 0 Å². The Morgan fingerprint density at radius 1 is 1.12 bits per heavy atom. The first-order valence-corrected chi connectivity index (χ1v) is 8.47. The van der Waals surface area contributed by atoms with E-state index < -0.39 is 0 Å². The van der Waals surface area contributed by atoms with E-state index in [0.29, 0.717) is 5.39 Å². The zero-order chi connectivity index (χ0) is 17.2. The molecule has 0 unspecified atom stereocenters. The Hall–Kier alpha value is -2.74. The molecule has 1 aliphatic rings. The molecule has 8 heteroatoms. The van der Waals surface area contributed by atoms with Gasteiger partial charge in [0.05, 0.1) is 30.0 Å². The molecule has 1 saturated heterocycles. The van der Waals surface area contributed by atoms with Gasteiger partial charge in [-0.1, -0.05) is 5.21 Å². The Labute approximate surface area is 145 Å². The minimum Gasteiger partial charge on any atom is -0.369 e. The number of benzene rings is 1. The van der Waals surface area contributed by atoms with Gasteiger partial charge in [0.15, 0.2) is 0 Å². The molecule has 3 heterocycles. The highest BCUT2D eigenvalue weighted by Gasteiger charge is 2.17. The van der Waals surface area contributed by atoms with Crippen LogP contribution in [0.2, 0.25) is 0 Å². The van der Waals surface area contributed by atoms with E-state index in [1.54, 1.807) is 19.6 Å². The minimum absolute atomic E-state index is 0.00511. The van der Waals surface area contributed by atoms with Gasteiger partial charge in [-0.3, -0.25) is 14.4 Å². The van der Waals surface area contributed by atoms with Gasteiger partial charge in [-0.2, -0.15) is 0 Å². The quantitative estimate of drug-likeness (QED) is 0.683. The van der Waals surface area contributed by atoms with Crippen molar-refractivity contribution in [2.24, 2.45) is 7.05 Å². The van der Waals surface area contributed by atoms with Crippen LogP contribution in [0.4, 0.5) is 5.69 Å². The second-order valence-corrected chi connectivity index (χ2v) is 6.36. The summed E-state index contributed by atoms with van der Waals surface area (Å²) in [6.07, 6.45) is 5.18. The normalized spacial score (nSPS) is 15.8. The Balaban J connectivity index is 1.41. The molecule has 1 aliphatic heterocycles. The molecule has 2 aromatic heterocycles. The minimum atomic E-state index is -0.00511. The van der Waals surface area contributed by atoms with E-state index in [4.69, 9.17) is 0 Å². The fourth-order valence-corrected chi connectivity index (χ4v) is 3.22. The first-order chi connectivity index (χ1) is 12.2. The van der Waals surface area contributed by atoms with Crippen molar-refractivity contribution in [3.8, 4) is 0 Å². The van der Waals surface area contributed by atoms with Crippen LogP contribution >= 0.6 is 0 Å². The maximum Gasteiger partial charge on any atom is 0.260 e. The third-order valence-electron chi connectivity index (χ3n) is 4.76. The van der Waals surface area contributed by atoms with Gasteiger partial charge < -0.3 is 9.47 Å². The first-order valence-electron chi connectivity index (χ1n) is 8.47. The molecule has 0 spiro atoms. The van der Waals surface area contributed by atoms with Crippen LogP contribution in [-0.2, 0) is 13.6 Å². The molecule has 0 atom stereocenters. The maximum atomic E-state index is 12.1. The van der Waals surface area contributed by atoms with E-state index in [0.717, 1.165) is 50.5 Å². The highest BCUT2D eigenvalue weighted by Crippen LogP contribution is 2.20. The number of anilines is 1. The fourth-order valence-electron chi connectivity index (χ4n) is 3.22. The number of rotatable bonds is 4.